The van der Waals surface area contributed by atoms with Gasteiger partial charge in [-0.3, -0.25) is 0 Å². The van der Waals surface area contributed by atoms with E-state index in [0.717, 1.165) is 12.8 Å². The van der Waals surface area contributed by atoms with E-state index in [1.165, 1.54) is 6.08 Å². The summed E-state index contributed by atoms with van der Waals surface area (Å²) >= 11 is 0. The molecule has 1 fully saturated rings. The summed E-state index contributed by atoms with van der Waals surface area (Å²) in [4.78, 5) is 40.6. The first-order chi connectivity index (χ1) is 23.5. The molecule has 0 unspecified atom stereocenters. The first-order valence-corrected chi connectivity index (χ1v) is 15.8. The van der Waals surface area contributed by atoms with Crippen LogP contribution >= 0.6 is 0 Å². The average molecular weight is 653 g/mol. The zero-order valence-corrected chi connectivity index (χ0v) is 27.0. The molecule has 0 radical (unpaired) electrons. The van der Waals surface area contributed by atoms with Gasteiger partial charge in [0.1, 0.15) is 12.2 Å². The van der Waals surface area contributed by atoms with Gasteiger partial charge in [-0.15, -0.1) is 13.2 Å². The molecule has 0 saturated carbocycles. The van der Waals surface area contributed by atoms with Crippen LogP contribution in [0.5, 0.6) is 0 Å². The summed E-state index contributed by atoms with van der Waals surface area (Å²) in [7, 11) is 0. The largest absolute Gasteiger partial charge is 0.453 e. The summed E-state index contributed by atoms with van der Waals surface area (Å²) in [6.07, 6.45) is -0.560. The molecule has 0 aliphatic carbocycles. The molecule has 9 heteroatoms. The molecule has 0 aromatic heterocycles. The summed E-state index contributed by atoms with van der Waals surface area (Å²) in [6.45, 7) is 9.55. The van der Waals surface area contributed by atoms with Gasteiger partial charge in [0, 0.05) is 12.0 Å². The first-order valence-electron chi connectivity index (χ1n) is 15.8. The van der Waals surface area contributed by atoms with Crippen molar-refractivity contribution in [3.8, 4) is 11.8 Å². The SMILES string of the molecule is C=CCOC[C@H]1O[C@@H](OC(=O)c2ccccc2C#CCCCC)[C@H](OC(=O)c2ccccc2)[C@@H](OCC=C)[C@@H]1OC(=O)c1ccccc1. The Bertz CT molecular complexity index is 1570. The predicted molar refractivity (Wildman–Crippen MR) is 179 cm³/mol. The summed E-state index contributed by atoms with van der Waals surface area (Å²) in [5, 5.41) is 0. The van der Waals surface area contributed by atoms with Gasteiger partial charge in [-0.05, 0) is 42.8 Å². The fraction of sp³-hybridized carbons (Fsp3) is 0.308. The van der Waals surface area contributed by atoms with Crippen molar-refractivity contribution in [2.24, 2.45) is 0 Å². The number of ether oxygens (including phenoxy) is 6. The van der Waals surface area contributed by atoms with Gasteiger partial charge in [-0.2, -0.15) is 0 Å². The Kier molecular flexibility index (Phi) is 14.2. The Morgan fingerprint density at radius 1 is 0.750 bits per heavy atom. The molecular weight excluding hydrogens is 612 g/mol. The molecule has 48 heavy (non-hydrogen) atoms. The number of benzene rings is 3. The summed E-state index contributed by atoms with van der Waals surface area (Å²) in [5.41, 5.74) is 1.21. The van der Waals surface area contributed by atoms with Gasteiger partial charge in [-0.1, -0.05) is 85.9 Å². The van der Waals surface area contributed by atoms with Crippen LogP contribution in [-0.4, -0.2) is 68.4 Å². The van der Waals surface area contributed by atoms with Crippen LogP contribution in [0.1, 0.15) is 62.8 Å². The molecule has 1 aliphatic rings. The van der Waals surface area contributed by atoms with Crippen LogP contribution in [0.3, 0.4) is 0 Å². The highest BCUT2D eigenvalue weighted by Crippen LogP contribution is 2.31. The van der Waals surface area contributed by atoms with E-state index in [1.54, 1.807) is 91.0 Å². The third kappa shape index (κ3) is 9.99. The highest BCUT2D eigenvalue weighted by Gasteiger charge is 2.53. The van der Waals surface area contributed by atoms with Crippen molar-refractivity contribution in [3.05, 3.63) is 132 Å². The lowest BCUT2D eigenvalue weighted by Crippen LogP contribution is -2.63. The van der Waals surface area contributed by atoms with Crippen molar-refractivity contribution in [2.45, 2.75) is 56.9 Å². The van der Waals surface area contributed by atoms with E-state index in [2.05, 4.69) is 31.9 Å². The van der Waals surface area contributed by atoms with E-state index >= 15 is 0 Å². The highest BCUT2D eigenvalue weighted by atomic mass is 16.7. The number of hydrogen-bond acceptors (Lipinski definition) is 9. The van der Waals surface area contributed by atoms with Crippen LogP contribution < -0.4 is 0 Å². The van der Waals surface area contributed by atoms with Crippen molar-refractivity contribution in [1.82, 2.24) is 0 Å². The molecule has 1 saturated heterocycles. The number of hydrogen-bond donors (Lipinski definition) is 0. The van der Waals surface area contributed by atoms with Gasteiger partial charge >= 0.3 is 17.9 Å². The summed E-state index contributed by atoms with van der Waals surface area (Å²) in [6, 6.07) is 23.5. The lowest BCUT2D eigenvalue weighted by atomic mass is 9.97. The molecule has 0 spiro atoms. The third-order valence-corrected chi connectivity index (χ3v) is 7.27. The van der Waals surface area contributed by atoms with E-state index in [9.17, 15) is 14.4 Å². The van der Waals surface area contributed by atoms with Gasteiger partial charge in [0.2, 0.25) is 6.29 Å². The van der Waals surface area contributed by atoms with Gasteiger partial charge < -0.3 is 28.4 Å². The smallest absolute Gasteiger partial charge is 0.341 e. The second-order valence-electron chi connectivity index (χ2n) is 10.8. The Labute approximate surface area is 281 Å². The van der Waals surface area contributed by atoms with Crippen LogP contribution in [0.25, 0.3) is 0 Å². The lowest BCUT2D eigenvalue weighted by Gasteiger charge is -2.44. The van der Waals surface area contributed by atoms with E-state index < -0.39 is 48.6 Å². The second kappa shape index (κ2) is 19.0. The Balaban J connectivity index is 1.73. The fourth-order valence-corrected chi connectivity index (χ4v) is 4.91. The molecule has 1 heterocycles. The van der Waals surface area contributed by atoms with Gasteiger partial charge in [0.25, 0.3) is 0 Å². The molecule has 0 amide bonds. The average Bonchev–Trinajstić information content (AvgIpc) is 3.12. The Hall–Kier alpha value is -5.01. The van der Waals surface area contributed by atoms with E-state index in [0.29, 0.717) is 12.0 Å². The molecule has 9 nitrogen and oxygen atoms in total. The maximum atomic E-state index is 13.8. The molecule has 3 aromatic rings. The molecule has 250 valence electrons. The first kappa shape index (κ1) is 35.8. The highest BCUT2D eigenvalue weighted by molar-refractivity contribution is 5.93. The number of unbranched alkanes of at least 4 members (excludes halogenated alkanes) is 2. The topological polar surface area (TPSA) is 107 Å². The monoisotopic (exact) mass is 652 g/mol. The number of rotatable bonds is 15. The van der Waals surface area contributed by atoms with Crippen LogP contribution in [0, 0.1) is 11.8 Å². The maximum Gasteiger partial charge on any atom is 0.341 e. The standard InChI is InChI=1S/C39H40O9/c1-4-7-8-11-18-28-19-16-17-24-31(28)38(42)48-39-35(47-37(41)30-22-14-10-15-23-30)34(44-26-6-3)33(32(45-39)27-43-25-5-2)46-36(40)29-20-12-9-13-21-29/h5-6,9-10,12-17,19-24,32-35,39H,2-4,7-8,25-27H2,1H3/t32-,33-,34+,35-,39+/m1/s1. The number of carbonyl (C=O) groups excluding carboxylic acids is 3. The van der Waals surface area contributed by atoms with Crippen LogP contribution in [0.15, 0.2) is 110 Å². The van der Waals surface area contributed by atoms with E-state index in [4.69, 9.17) is 28.4 Å². The Morgan fingerprint density at radius 3 is 1.98 bits per heavy atom. The zero-order valence-electron chi connectivity index (χ0n) is 27.0. The summed E-state index contributed by atoms with van der Waals surface area (Å²) in [5.74, 6) is 4.01. The van der Waals surface area contributed by atoms with Crippen LogP contribution in [-0.2, 0) is 28.4 Å². The van der Waals surface area contributed by atoms with E-state index in [-0.39, 0.29) is 36.5 Å². The minimum atomic E-state index is -1.50. The lowest BCUT2D eigenvalue weighted by molar-refractivity contribution is -0.291. The minimum Gasteiger partial charge on any atom is -0.453 e. The summed E-state index contributed by atoms with van der Waals surface area (Å²) < 4.78 is 36.1. The van der Waals surface area contributed by atoms with Crippen molar-refractivity contribution in [1.29, 1.82) is 0 Å². The van der Waals surface area contributed by atoms with Gasteiger partial charge in [0.05, 0.1) is 36.5 Å². The predicted octanol–water partition coefficient (Wildman–Crippen LogP) is 6.34. The molecule has 0 bridgehead atoms. The number of carbonyl (C=O) groups is 3. The van der Waals surface area contributed by atoms with Crippen LogP contribution in [0.2, 0.25) is 0 Å². The minimum absolute atomic E-state index is 0.0134. The van der Waals surface area contributed by atoms with Gasteiger partial charge in [0.15, 0.2) is 12.2 Å². The van der Waals surface area contributed by atoms with Gasteiger partial charge in [-0.25, -0.2) is 14.4 Å². The molecule has 1 aliphatic heterocycles. The van der Waals surface area contributed by atoms with Crippen molar-refractivity contribution >= 4 is 17.9 Å². The maximum absolute atomic E-state index is 13.8. The molecule has 5 atom stereocenters. The second-order valence-corrected chi connectivity index (χ2v) is 10.8. The fourth-order valence-electron chi connectivity index (χ4n) is 4.91. The molecule has 4 rings (SSSR count). The molecule has 3 aromatic carbocycles. The quantitative estimate of drug-likeness (QED) is 0.0612. The van der Waals surface area contributed by atoms with Crippen molar-refractivity contribution < 1.29 is 42.8 Å². The van der Waals surface area contributed by atoms with Crippen molar-refractivity contribution in [3.63, 3.8) is 0 Å². The third-order valence-electron chi connectivity index (χ3n) is 7.27. The normalized spacial score (nSPS) is 20.0. The molecule has 0 N–H and O–H groups in total. The van der Waals surface area contributed by atoms with Crippen molar-refractivity contribution in [2.75, 3.05) is 19.8 Å². The number of esters is 3. The van der Waals surface area contributed by atoms with Crippen LogP contribution in [0.4, 0.5) is 0 Å². The van der Waals surface area contributed by atoms with E-state index in [1.807, 2.05) is 0 Å². The Morgan fingerprint density at radius 2 is 1.35 bits per heavy atom. The zero-order chi connectivity index (χ0) is 34.1. The molecular formula is C39H40O9.